The Labute approximate surface area is 85.8 Å². The van der Waals surface area contributed by atoms with Gasteiger partial charge in [-0.1, -0.05) is 18.2 Å². The van der Waals surface area contributed by atoms with E-state index in [0.717, 1.165) is 10.9 Å². The van der Waals surface area contributed by atoms with Crippen molar-refractivity contribution in [2.75, 3.05) is 0 Å². The number of rotatable bonds is 0. The van der Waals surface area contributed by atoms with Gasteiger partial charge in [0.15, 0.2) is 0 Å². The third-order valence-electron chi connectivity index (χ3n) is 2.87. The van der Waals surface area contributed by atoms with Crippen LogP contribution < -0.4 is 0 Å². The van der Waals surface area contributed by atoms with Gasteiger partial charge in [-0.05, 0) is 18.6 Å². The zero-order chi connectivity index (χ0) is 10.5. The Morgan fingerprint density at radius 1 is 1.20 bits per heavy atom. The lowest BCUT2D eigenvalue weighted by Crippen LogP contribution is -2.07. The molecular formula is C12H9F2N. The molecule has 0 radical (unpaired) electrons. The molecule has 2 aromatic rings. The maximum Gasteiger partial charge on any atom is 0.275 e. The maximum atomic E-state index is 13.4. The minimum Gasteiger partial charge on any atom is -0.252 e. The lowest BCUT2D eigenvalue weighted by molar-refractivity contribution is -0.00176. The fourth-order valence-corrected chi connectivity index (χ4v) is 2.07. The van der Waals surface area contributed by atoms with Gasteiger partial charge < -0.3 is 0 Å². The molecule has 0 spiro atoms. The predicted octanol–water partition coefficient (Wildman–Crippen LogP) is 3.27. The second-order valence-corrected chi connectivity index (χ2v) is 3.88. The van der Waals surface area contributed by atoms with Crippen molar-refractivity contribution >= 4 is 10.9 Å². The maximum absolute atomic E-state index is 13.4. The fourth-order valence-electron chi connectivity index (χ4n) is 2.07. The van der Waals surface area contributed by atoms with E-state index in [-0.39, 0.29) is 12.0 Å². The highest BCUT2D eigenvalue weighted by atomic mass is 19.3. The van der Waals surface area contributed by atoms with Crippen molar-refractivity contribution in [2.24, 2.45) is 0 Å². The van der Waals surface area contributed by atoms with Gasteiger partial charge in [0.2, 0.25) is 0 Å². The number of fused-ring (bicyclic) bond motifs is 2. The quantitative estimate of drug-likeness (QED) is 0.643. The number of nitrogens with zero attached hydrogens (tertiary/aromatic N) is 1. The van der Waals surface area contributed by atoms with Crippen molar-refractivity contribution in [3.63, 3.8) is 0 Å². The van der Waals surface area contributed by atoms with E-state index in [0.29, 0.717) is 12.1 Å². The van der Waals surface area contributed by atoms with Crippen LogP contribution in [0.2, 0.25) is 0 Å². The molecule has 0 saturated heterocycles. The van der Waals surface area contributed by atoms with Gasteiger partial charge in [-0.2, -0.15) is 0 Å². The van der Waals surface area contributed by atoms with E-state index in [1.54, 1.807) is 6.07 Å². The van der Waals surface area contributed by atoms with Gasteiger partial charge in [-0.3, -0.25) is 4.98 Å². The van der Waals surface area contributed by atoms with Crippen molar-refractivity contribution in [1.82, 2.24) is 4.98 Å². The van der Waals surface area contributed by atoms with Crippen LogP contribution in [0.1, 0.15) is 17.7 Å². The molecule has 1 aliphatic rings. The van der Waals surface area contributed by atoms with Crippen LogP contribution in [0.3, 0.4) is 0 Å². The van der Waals surface area contributed by atoms with Gasteiger partial charge in [-0.15, -0.1) is 0 Å². The molecule has 0 aliphatic heterocycles. The van der Waals surface area contributed by atoms with E-state index in [1.165, 1.54) is 0 Å². The molecule has 0 bridgehead atoms. The molecule has 1 heterocycles. The second kappa shape index (κ2) is 2.75. The Morgan fingerprint density at radius 2 is 2.00 bits per heavy atom. The third kappa shape index (κ3) is 1.23. The summed E-state index contributed by atoms with van der Waals surface area (Å²) < 4.78 is 26.9. The van der Waals surface area contributed by atoms with Gasteiger partial charge >= 0.3 is 0 Å². The molecule has 0 unspecified atom stereocenters. The molecule has 1 aromatic heterocycles. The Bertz CT molecular complexity index is 534. The molecule has 0 fully saturated rings. The van der Waals surface area contributed by atoms with Crippen molar-refractivity contribution in [1.29, 1.82) is 0 Å². The molecule has 3 heteroatoms. The largest absolute Gasteiger partial charge is 0.275 e. The predicted molar refractivity (Wildman–Crippen MR) is 54.0 cm³/mol. The fraction of sp³-hybridized carbons (Fsp3) is 0.250. The molecule has 0 atom stereocenters. The van der Waals surface area contributed by atoms with Crippen LogP contribution in [0, 0.1) is 0 Å². The number of para-hydroxylation sites is 1. The van der Waals surface area contributed by atoms with Crippen LogP contribution in [-0.2, 0) is 12.3 Å². The van der Waals surface area contributed by atoms with E-state index >= 15 is 0 Å². The minimum atomic E-state index is -2.69. The molecule has 0 saturated carbocycles. The highest BCUT2D eigenvalue weighted by Gasteiger charge is 2.40. The summed E-state index contributed by atoms with van der Waals surface area (Å²) in [6, 6.07) is 8.95. The van der Waals surface area contributed by atoms with Crippen molar-refractivity contribution in [2.45, 2.75) is 18.8 Å². The summed E-state index contributed by atoms with van der Waals surface area (Å²) in [5.41, 5.74) is 1.47. The van der Waals surface area contributed by atoms with Crippen LogP contribution >= 0.6 is 0 Å². The highest BCUT2D eigenvalue weighted by molar-refractivity contribution is 5.79. The number of benzene rings is 1. The topological polar surface area (TPSA) is 12.9 Å². The zero-order valence-corrected chi connectivity index (χ0v) is 8.00. The molecule has 1 aliphatic carbocycles. The number of halogens is 2. The van der Waals surface area contributed by atoms with E-state index in [2.05, 4.69) is 4.98 Å². The Kier molecular flexibility index (Phi) is 1.61. The van der Waals surface area contributed by atoms with Crippen molar-refractivity contribution < 1.29 is 8.78 Å². The third-order valence-corrected chi connectivity index (χ3v) is 2.87. The number of aromatic nitrogens is 1. The van der Waals surface area contributed by atoms with Crippen LogP contribution in [-0.4, -0.2) is 4.98 Å². The van der Waals surface area contributed by atoms with Gasteiger partial charge in [0.25, 0.3) is 5.92 Å². The molecule has 0 amide bonds. The number of hydrogen-bond donors (Lipinski definition) is 0. The number of pyridine rings is 1. The van der Waals surface area contributed by atoms with Gasteiger partial charge in [0, 0.05) is 17.4 Å². The summed E-state index contributed by atoms with van der Waals surface area (Å²) in [4.78, 5) is 4.27. The van der Waals surface area contributed by atoms with E-state index < -0.39 is 5.92 Å². The Balaban J connectivity index is 2.33. The normalized spacial score (nSPS) is 18.0. The number of aryl methyl sites for hydroxylation is 1. The first-order chi connectivity index (χ1) is 7.17. The zero-order valence-electron chi connectivity index (χ0n) is 8.00. The van der Waals surface area contributed by atoms with Crippen LogP contribution in [0.25, 0.3) is 10.9 Å². The Hall–Kier alpha value is -1.51. The average Bonchev–Trinajstić information content (AvgIpc) is 2.52. The van der Waals surface area contributed by atoms with Gasteiger partial charge in [0.1, 0.15) is 0 Å². The summed E-state index contributed by atoms with van der Waals surface area (Å²) in [7, 11) is 0. The van der Waals surface area contributed by atoms with Crippen molar-refractivity contribution in [3.8, 4) is 0 Å². The van der Waals surface area contributed by atoms with E-state index in [4.69, 9.17) is 0 Å². The smallest absolute Gasteiger partial charge is 0.252 e. The van der Waals surface area contributed by atoms with Crippen LogP contribution in [0.15, 0.2) is 30.3 Å². The standard InChI is InChI=1S/C12H9F2N/c13-12(14)6-5-11-9(12)7-8-3-1-2-4-10(8)15-11/h1-4,7H,5-6H2. The first kappa shape index (κ1) is 8.77. The molecule has 0 N–H and O–H groups in total. The van der Waals surface area contributed by atoms with E-state index in [1.807, 2.05) is 24.3 Å². The Morgan fingerprint density at radius 3 is 2.87 bits per heavy atom. The van der Waals surface area contributed by atoms with Gasteiger partial charge in [-0.25, -0.2) is 8.78 Å². The first-order valence-corrected chi connectivity index (χ1v) is 4.94. The molecule has 3 rings (SSSR count). The molecule has 15 heavy (non-hydrogen) atoms. The lowest BCUT2D eigenvalue weighted by atomic mass is 10.1. The summed E-state index contributed by atoms with van der Waals surface area (Å²) in [5, 5.41) is 0.790. The molecule has 1 aromatic carbocycles. The molecular weight excluding hydrogens is 196 g/mol. The van der Waals surface area contributed by atoms with E-state index in [9.17, 15) is 8.78 Å². The SMILES string of the molecule is FC1(F)CCc2nc3ccccc3cc21. The molecule has 1 nitrogen and oxygen atoms in total. The minimum absolute atomic E-state index is 0.106. The first-order valence-electron chi connectivity index (χ1n) is 4.94. The lowest BCUT2D eigenvalue weighted by Gasteiger charge is -2.09. The van der Waals surface area contributed by atoms with Gasteiger partial charge in [0.05, 0.1) is 11.2 Å². The molecule has 76 valence electrons. The summed E-state index contributed by atoms with van der Waals surface area (Å²) in [6.07, 6.45) is 0.277. The average molecular weight is 205 g/mol. The monoisotopic (exact) mass is 205 g/mol. The highest BCUT2D eigenvalue weighted by Crippen LogP contribution is 2.41. The second-order valence-electron chi connectivity index (χ2n) is 3.88. The number of hydrogen-bond acceptors (Lipinski definition) is 1. The summed E-state index contributed by atoms with van der Waals surface area (Å²) >= 11 is 0. The van der Waals surface area contributed by atoms with Crippen LogP contribution in [0.5, 0.6) is 0 Å². The van der Waals surface area contributed by atoms with Crippen LogP contribution in [0.4, 0.5) is 8.78 Å². The summed E-state index contributed by atoms with van der Waals surface area (Å²) in [5.74, 6) is -2.69. The van der Waals surface area contributed by atoms with Crippen molar-refractivity contribution in [3.05, 3.63) is 41.6 Å². The number of alkyl halides is 2. The summed E-state index contributed by atoms with van der Waals surface area (Å²) in [6.45, 7) is 0.